The van der Waals surface area contributed by atoms with Crippen molar-refractivity contribution in [2.24, 2.45) is 0 Å². The number of H-pyrrole nitrogens is 1. The fourth-order valence-electron chi connectivity index (χ4n) is 1.95. The Morgan fingerprint density at radius 2 is 2.11 bits per heavy atom. The number of thiazole rings is 1. The molecule has 0 radical (unpaired) electrons. The van der Waals surface area contributed by atoms with Gasteiger partial charge in [-0.1, -0.05) is 29.8 Å². The molecule has 0 saturated heterocycles. The number of nitrogens with zero attached hydrogens (tertiary/aromatic N) is 2. The van der Waals surface area contributed by atoms with Crippen molar-refractivity contribution in [1.29, 1.82) is 0 Å². The van der Waals surface area contributed by atoms with Gasteiger partial charge in [-0.05, 0) is 13.0 Å². The lowest BCUT2D eigenvalue weighted by molar-refractivity contribution is 1.10. The third-order valence-electron chi connectivity index (χ3n) is 2.81. The number of aromatic nitrogens is 3. The first kappa shape index (κ1) is 12.2. The molecule has 0 aliphatic heterocycles. The quantitative estimate of drug-likeness (QED) is 0.755. The Balaban J connectivity index is 2.22. The SMILES string of the molecule is Cc1ncc(-c2[nH]nc(N)c2-c2ccccc2Cl)s1. The molecule has 4 nitrogen and oxygen atoms in total. The molecule has 6 heteroatoms. The molecule has 2 aromatic heterocycles. The summed E-state index contributed by atoms with van der Waals surface area (Å²) in [6.07, 6.45) is 1.81. The highest BCUT2D eigenvalue weighted by Gasteiger charge is 2.18. The molecule has 0 aliphatic carbocycles. The monoisotopic (exact) mass is 290 g/mol. The molecule has 19 heavy (non-hydrogen) atoms. The zero-order chi connectivity index (χ0) is 13.4. The summed E-state index contributed by atoms with van der Waals surface area (Å²) in [5.74, 6) is 0.439. The van der Waals surface area contributed by atoms with Gasteiger partial charge in [-0.3, -0.25) is 5.10 Å². The van der Waals surface area contributed by atoms with Gasteiger partial charge in [-0.15, -0.1) is 11.3 Å². The summed E-state index contributed by atoms with van der Waals surface area (Å²) in [6.45, 7) is 1.96. The maximum absolute atomic E-state index is 6.24. The largest absolute Gasteiger partial charge is 0.382 e. The van der Waals surface area contributed by atoms with E-state index in [2.05, 4.69) is 15.2 Å². The van der Waals surface area contributed by atoms with E-state index < -0.39 is 0 Å². The summed E-state index contributed by atoms with van der Waals surface area (Å²) in [5, 5.41) is 8.70. The minimum absolute atomic E-state index is 0.439. The molecule has 0 fully saturated rings. The summed E-state index contributed by atoms with van der Waals surface area (Å²) in [4.78, 5) is 5.25. The molecule has 3 aromatic rings. The first-order chi connectivity index (χ1) is 9.16. The highest BCUT2D eigenvalue weighted by atomic mass is 35.5. The van der Waals surface area contributed by atoms with Crippen LogP contribution in [0.4, 0.5) is 5.82 Å². The van der Waals surface area contributed by atoms with Gasteiger partial charge in [0.25, 0.3) is 0 Å². The van der Waals surface area contributed by atoms with E-state index in [1.54, 1.807) is 11.3 Å². The Hall–Kier alpha value is -1.85. The van der Waals surface area contributed by atoms with Crippen molar-refractivity contribution in [1.82, 2.24) is 15.2 Å². The Morgan fingerprint density at radius 1 is 1.32 bits per heavy atom. The predicted octanol–water partition coefficient (Wildman–Crippen LogP) is 3.74. The van der Waals surface area contributed by atoms with Gasteiger partial charge >= 0.3 is 0 Å². The smallest absolute Gasteiger partial charge is 0.153 e. The summed E-state index contributed by atoms with van der Waals surface area (Å²) < 4.78 is 0. The third kappa shape index (κ3) is 2.11. The second-order valence-corrected chi connectivity index (χ2v) is 5.72. The van der Waals surface area contributed by atoms with E-state index in [1.807, 2.05) is 37.4 Å². The fourth-order valence-corrected chi connectivity index (χ4v) is 2.96. The zero-order valence-corrected chi connectivity index (χ0v) is 11.7. The number of nitrogens with two attached hydrogens (primary N) is 1. The van der Waals surface area contributed by atoms with Gasteiger partial charge in [0.1, 0.15) is 0 Å². The Kier molecular flexibility index (Phi) is 3.00. The summed E-state index contributed by atoms with van der Waals surface area (Å²) >= 11 is 7.83. The maximum Gasteiger partial charge on any atom is 0.153 e. The lowest BCUT2D eigenvalue weighted by Gasteiger charge is -2.04. The topological polar surface area (TPSA) is 67.6 Å². The molecule has 0 unspecified atom stereocenters. The number of hydrogen-bond acceptors (Lipinski definition) is 4. The fraction of sp³-hybridized carbons (Fsp3) is 0.0769. The van der Waals surface area contributed by atoms with Crippen LogP contribution in [0.1, 0.15) is 5.01 Å². The Bertz CT molecular complexity index is 732. The average Bonchev–Trinajstić information content (AvgIpc) is 2.96. The van der Waals surface area contributed by atoms with Crippen molar-refractivity contribution in [3.8, 4) is 21.7 Å². The van der Waals surface area contributed by atoms with Crippen molar-refractivity contribution < 1.29 is 0 Å². The first-order valence-electron chi connectivity index (χ1n) is 5.68. The van der Waals surface area contributed by atoms with Crippen LogP contribution in [-0.4, -0.2) is 15.2 Å². The summed E-state index contributed by atoms with van der Waals surface area (Å²) in [7, 11) is 0. The summed E-state index contributed by atoms with van der Waals surface area (Å²) in [6, 6.07) is 7.58. The highest BCUT2D eigenvalue weighted by molar-refractivity contribution is 7.15. The van der Waals surface area contributed by atoms with E-state index in [9.17, 15) is 0 Å². The molecule has 0 aliphatic rings. The molecular formula is C13H11ClN4S. The number of benzene rings is 1. The van der Waals surface area contributed by atoms with Crippen LogP contribution in [0.5, 0.6) is 0 Å². The van der Waals surface area contributed by atoms with E-state index >= 15 is 0 Å². The Labute approximate surface area is 119 Å². The van der Waals surface area contributed by atoms with Crippen molar-refractivity contribution in [2.75, 3.05) is 5.73 Å². The molecule has 0 spiro atoms. The molecule has 0 atom stereocenters. The number of anilines is 1. The molecule has 1 aromatic carbocycles. The van der Waals surface area contributed by atoms with Gasteiger partial charge < -0.3 is 5.73 Å². The number of nitrogens with one attached hydrogen (secondary N) is 1. The van der Waals surface area contributed by atoms with Gasteiger partial charge in [0.05, 0.1) is 21.1 Å². The predicted molar refractivity (Wildman–Crippen MR) is 79.3 cm³/mol. The molecular weight excluding hydrogens is 280 g/mol. The molecule has 0 bridgehead atoms. The van der Waals surface area contributed by atoms with Crippen LogP contribution >= 0.6 is 22.9 Å². The highest BCUT2D eigenvalue weighted by Crippen LogP contribution is 2.39. The molecule has 3 N–H and O–H groups in total. The van der Waals surface area contributed by atoms with Crippen LogP contribution in [0.2, 0.25) is 5.02 Å². The van der Waals surface area contributed by atoms with Crippen LogP contribution in [0.3, 0.4) is 0 Å². The van der Waals surface area contributed by atoms with Gasteiger partial charge in [0.15, 0.2) is 5.82 Å². The van der Waals surface area contributed by atoms with Crippen molar-refractivity contribution in [3.63, 3.8) is 0 Å². The normalized spacial score (nSPS) is 10.8. The third-order valence-corrected chi connectivity index (χ3v) is 4.07. The zero-order valence-electron chi connectivity index (χ0n) is 10.1. The van der Waals surface area contributed by atoms with Crippen LogP contribution in [0.15, 0.2) is 30.5 Å². The van der Waals surface area contributed by atoms with Gasteiger partial charge in [0.2, 0.25) is 0 Å². The van der Waals surface area contributed by atoms with Crippen LogP contribution in [0, 0.1) is 6.92 Å². The standard InChI is InChI=1S/C13H11ClN4S/c1-7-16-6-10(19-7)12-11(13(15)18-17-12)8-4-2-3-5-9(8)14/h2-6H,1H3,(H3,15,17,18). The molecule has 0 saturated carbocycles. The van der Waals surface area contributed by atoms with E-state index in [0.717, 1.165) is 26.7 Å². The number of rotatable bonds is 2. The minimum Gasteiger partial charge on any atom is -0.382 e. The van der Waals surface area contributed by atoms with E-state index in [1.165, 1.54) is 0 Å². The van der Waals surface area contributed by atoms with Crippen molar-refractivity contribution in [2.45, 2.75) is 6.92 Å². The minimum atomic E-state index is 0.439. The number of halogens is 1. The maximum atomic E-state index is 6.24. The van der Waals surface area contributed by atoms with Crippen molar-refractivity contribution >= 4 is 28.8 Å². The number of aryl methyl sites for hydroxylation is 1. The molecule has 3 rings (SSSR count). The first-order valence-corrected chi connectivity index (χ1v) is 6.88. The van der Waals surface area contributed by atoms with Gasteiger partial charge in [0, 0.05) is 16.8 Å². The van der Waals surface area contributed by atoms with Crippen molar-refractivity contribution in [3.05, 3.63) is 40.5 Å². The lowest BCUT2D eigenvalue weighted by atomic mass is 10.0. The van der Waals surface area contributed by atoms with E-state index in [0.29, 0.717) is 10.8 Å². The van der Waals surface area contributed by atoms with Crippen LogP contribution < -0.4 is 5.73 Å². The van der Waals surface area contributed by atoms with Crippen LogP contribution in [0.25, 0.3) is 21.7 Å². The van der Waals surface area contributed by atoms with E-state index in [-0.39, 0.29) is 0 Å². The van der Waals surface area contributed by atoms with Crippen LogP contribution in [-0.2, 0) is 0 Å². The molecule has 2 heterocycles. The number of aromatic amines is 1. The van der Waals surface area contributed by atoms with Gasteiger partial charge in [-0.2, -0.15) is 5.10 Å². The van der Waals surface area contributed by atoms with Gasteiger partial charge in [-0.25, -0.2) is 4.98 Å². The molecule has 96 valence electrons. The average molecular weight is 291 g/mol. The second-order valence-electron chi connectivity index (χ2n) is 4.08. The Morgan fingerprint density at radius 3 is 2.79 bits per heavy atom. The summed E-state index contributed by atoms with van der Waals surface area (Å²) in [5.41, 5.74) is 8.53. The number of hydrogen-bond donors (Lipinski definition) is 2. The number of nitrogen functional groups attached to an aromatic ring is 1. The lowest BCUT2D eigenvalue weighted by Crippen LogP contribution is -1.89. The second kappa shape index (κ2) is 4.68. The van der Waals surface area contributed by atoms with E-state index in [4.69, 9.17) is 17.3 Å². The molecule has 0 amide bonds.